The van der Waals surface area contributed by atoms with Gasteiger partial charge in [-0.15, -0.1) is 0 Å². The predicted octanol–water partition coefficient (Wildman–Crippen LogP) is 1.02. The standard InChI is InChI=1S/C10H15F3N2O2/c1-2-8(16)14-4-3-5-15(7-6-14)9(17)10(11,12)13/h2-7H2,1H3. The summed E-state index contributed by atoms with van der Waals surface area (Å²) in [5, 5.41) is 0. The Morgan fingerprint density at radius 3 is 2.12 bits per heavy atom. The summed E-state index contributed by atoms with van der Waals surface area (Å²) in [5.41, 5.74) is 0. The number of halogens is 3. The van der Waals surface area contributed by atoms with E-state index in [9.17, 15) is 22.8 Å². The van der Waals surface area contributed by atoms with E-state index in [1.165, 1.54) is 4.90 Å². The summed E-state index contributed by atoms with van der Waals surface area (Å²) in [7, 11) is 0. The maximum absolute atomic E-state index is 12.2. The van der Waals surface area contributed by atoms with E-state index in [0.717, 1.165) is 4.90 Å². The van der Waals surface area contributed by atoms with E-state index >= 15 is 0 Å². The number of hydrogen-bond acceptors (Lipinski definition) is 2. The van der Waals surface area contributed by atoms with Crippen molar-refractivity contribution in [2.45, 2.75) is 25.9 Å². The molecule has 1 saturated heterocycles. The van der Waals surface area contributed by atoms with Crippen molar-refractivity contribution < 1.29 is 22.8 Å². The highest BCUT2D eigenvalue weighted by Crippen LogP contribution is 2.19. The van der Waals surface area contributed by atoms with Crippen molar-refractivity contribution in [1.82, 2.24) is 9.80 Å². The predicted molar refractivity (Wildman–Crippen MR) is 54.1 cm³/mol. The van der Waals surface area contributed by atoms with Gasteiger partial charge in [0, 0.05) is 32.6 Å². The lowest BCUT2D eigenvalue weighted by Crippen LogP contribution is -2.43. The summed E-state index contributed by atoms with van der Waals surface area (Å²) in [4.78, 5) is 24.7. The Bertz CT molecular complexity index is 304. The molecule has 7 heteroatoms. The molecule has 0 bridgehead atoms. The molecule has 1 heterocycles. The first-order valence-electron chi connectivity index (χ1n) is 5.50. The van der Waals surface area contributed by atoms with Crippen LogP contribution >= 0.6 is 0 Å². The van der Waals surface area contributed by atoms with Gasteiger partial charge in [0.25, 0.3) is 0 Å². The molecule has 0 radical (unpaired) electrons. The van der Waals surface area contributed by atoms with E-state index in [1.807, 2.05) is 0 Å². The van der Waals surface area contributed by atoms with Crippen molar-refractivity contribution in [3.8, 4) is 0 Å². The fourth-order valence-electron chi connectivity index (χ4n) is 1.77. The molecular formula is C10H15F3N2O2. The van der Waals surface area contributed by atoms with Crippen molar-refractivity contribution in [3.63, 3.8) is 0 Å². The van der Waals surface area contributed by atoms with Crippen LogP contribution in [0.5, 0.6) is 0 Å². The van der Waals surface area contributed by atoms with Crippen molar-refractivity contribution in [2.75, 3.05) is 26.2 Å². The van der Waals surface area contributed by atoms with Gasteiger partial charge in [-0.1, -0.05) is 6.92 Å². The Labute approximate surface area is 97.4 Å². The summed E-state index contributed by atoms with van der Waals surface area (Å²) in [6.07, 6.45) is -4.12. The second-order valence-corrected chi connectivity index (χ2v) is 3.88. The SMILES string of the molecule is CCC(=O)N1CCCN(C(=O)C(F)(F)F)CC1. The van der Waals surface area contributed by atoms with Gasteiger partial charge in [-0.05, 0) is 6.42 Å². The van der Waals surface area contributed by atoms with Crippen LogP contribution in [0.4, 0.5) is 13.2 Å². The maximum atomic E-state index is 12.2. The minimum absolute atomic E-state index is 0.0475. The summed E-state index contributed by atoms with van der Waals surface area (Å²) < 4.78 is 36.6. The molecule has 1 aliphatic rings. The summed E-state index contributed by atoms with van der Waals surface area (Å²) in [6, 6.07) is 0. The molecule has 0 aromatic heterocycles. The first-order chi connectivity index (χ1) is 7.86. The van der Waals surface area contributed by atoms with Gasteiger partial charge in [-0.25, -0.2) is 0 Å². The van der Waals surface area contributed by atoms with Gasteiger partial charge < -0.3 is 9.80 Å². The van der Waals surface area contributed by atoms with Crippen molar-refractivity contribution in [2.24, 2.45) is 0 Å². The normalized spacial score (nSPS) is 17.9. The van der Waals surface area contributed by atoms with E-state index in [0.29, 0.717) is 19.4 Å². The minimum Gasteiger partial charge on any atom is -0.341 e. The van der Waals surface area contributed by atoms with Crippen LogP contribution in [0.2, 0.25) is 0 Å². The Morgan fingerprint density at radius 2 is 1.59 bits per heavy atom. The van der Waals surface area contributed by atoms with Gasteiger partial charge >= 0.3 is 12.1 Å². The highest BCUT2D eigenvalue weighted by atomic mass is 19.4. The highest BCUT2D eigenvalue weighted by molar-refractivity contribution is 5.82. The molecule has 0 N–H and O–H groups in total. The number of amides is 2. The van der Waals surface area contributed by atoms with Gasteiger partial charge in [0.2, 0.25) is 5.91 Å². The Hall–Kier alpha value is -1.27. The molecule has 0 atom stereocenters. The molecule has 4 nitrogen and oxygen atoms in total. The molecule has 0 aliphatic carbocycles. The van der Waals surface area contributed by atoms with Crippen LogP contribution in [0.1, 0.15) is 19.8 Å². The van der Waals surface area contributed by atoms with Crippen LogP contribution in [0.25, 0.3) is 0 Å². The lowest BCUT2D eigenvalue weighted by atomic mass is 10.3. The van der Waals surface area contributed by atoms with Gasteiger partial charge in [0.1, 0.15) is 0 Å². The maximum Gasteiger partial charge on any atom is 0.471 e. The molecular weight excluding hydrogens is 237 g/mol. The van der Waals surface area contributed by atoms with Gasteiger partial charge in [-0.2, -0.15) is 13.2 Å². The number of carbonyl (C=O) groups is 2. The van der Waals surface area contributed by atoms with Crippen LogP contribution in [0.3, 0.4) is 0 Å². The molecule has 1 fully saturated rings. The third-order valence-corrected chi connectivity index (χ3v) is 2.68. The molecule has 17 heavy (non-hydrogen) atoms. The third-order valence-electron chi connectivity index (χ3n) is 2.68. The molecule has 1 rings (SSSR count). The van der Waals surface area contributed by atoms with Crippen molar-refractivity contribution in [1.29, 1.82) is 0 Å². The zero-order valence-corrected chi connectivity index (χ0v) is 9.59. The highest BCUT2D eigenvalue weighted by Gasteiger charge is 2.42. The van der Waals surface area contributed by atoms with Gasteiger partial charge in [-0.3, -0.25) is 9.59 Å². The fraction of sp³-hybridized carbons (Fsp3) is 0.800. The van der Waals surface area contributed by atoms with Gasteiger partial charge in [0.05, 0.1) is 0 Å². The average molecular weight is 252 g/mol. The molecule has 0 aromatic carbocycles. The van der Waals surface area contributed by atoms with Crippen molar-refractivity contribution >= 4 is 11.8 Å². The molecule has 2 amide bonds. The largest absolute Gasteiger partial charge is 0.471 e. The Morgan fingerprint density at radius 1 is 1.06 bits per heavy atom. The molecule has 1 aliphatic heterocycles. The Balaban J connectivity index is 2.59. The first kappa shape index (κ1) is 13.8. The fourth-order valence-corrected chi connectivity index (χ4v) is 1.77. The van der Waals surface area contributed by atoms with Crippen molar-refractivity contribution in [3.05, 3.63) is 0 Å². The number of nitrogens with zero attached hydrogens (tertiary/aromatic N) is 2. The Kier molecular flexibility index (Phi) is 4.36. The number of rotatable bonds is 1. The van der Waals surface area contributed by atoms with Crippen LogP contribution in [0.15, 0.2) is 0 Å². The summed E-state index contributed by atoms with van der Waals surface area (Å²) in [5.74, 6) is -1.91. The minimum atomic E-state index is -4.83. The molecule has 0 aromatic rings. The van der Waals surface area contributed by atoms with E-state index in [4.69, 9.17) is 0 Å². The molecule has 0 unspecified atom stereocenters. The average Bonchev–Trinajstić information content (AvgIpc) is 2.51. The first-order valence-corrected chi connectivity index (χ1v) is 5.50. The smallest absolute Gasteiger partial charge is 0.341 e. The van der Waals surface area contributed by atoms with Gasteiger partial charge in [0.15, 0.2) is 0 Å². The van der Waals surface area contributed by atoms with Crippen LogP contribution in [-0.4, -0.2) is 54.0 Å². The summed E-state index contributed by atoms with van der Waals surface area (Å²) >= 11 is 0. The lowest BCUT2D eigenvalue weighted by molar-refractivity contribution is -0.185. The molecule has 0 saturated carbocycles. The second kappa shape index (κ2) is 5.37. The van der Waals surface area contributed by atoms with Crippen LogP contribution < -0.4 is 0 Å². The molecule has 0 spiro atoms. The van der Waals surface area contributed by atoms with E-state index in [1.54, 1.807) is 6.92 Å². The van der Waals surface area contributed by atoms with E-state index in [2.05, 4.69) is 0 Å². The van der Waals surface area contributed by atoms with Crippen LogP contribution in [-0.2, 0) is 9.59 Å². The lowest BCUT2D eigenvalue weighted by Gasteiger charge is -2.22. The van der Waals surface area contributed by atoms with E-state index < -0.39 is 12.1 Å². The van der Waals surface area contributed by atoms with Crippen LogP contribution in [0, 0.1) is 0 Å². The molecule has 98 valence electrons. The quantitative estimate of drug-likeness (QED) is 0.699. The monoisotopic (exact) mass is 252 g/mol. The summed E-state index contributed by atoms with van der Waals surface area (Å²) in [6.45, 7) is 2.28. The number of hydrogen-bond donors (Lipinski definition) is 0. The third kappa shape index (κ3) is 3.61. The van der Waals surface area contributed by atoms with E-state index in [-0.39, 0.29) is 25.5 Å². The number of alkyl halides is 3. The topological polar surface area (TPSA) is 40.6 Å². The second-order valence-electron chi connectivity index (χ2n) is 3.88. The zero-order chi connectivity index (χ0) is 13.1. The zero-order valence-electron chi connectivity index (χ0n) is 9.59. The number of carbonyl (C=O) groups excluding carboxylic acids is 2.